The molecule has 0 unspecified atom stereocenters. The molecule has 32 heavy (non-hydrogen) atoms. The van der Waals surface area contributed by atoms with E-state index in [1.807, 2.05) is 60.7 Å². The molecule has 1 amide bonds. The van der Waals surface area contributed by atoms with Crippen LogP contribution in [0.15, 0.2) is 89.8 Å². The monoisotopic (exact) mass is 450 g/mol. The number of nitrogens with one attached hydrogen (secondary N) is 2. The topological polar surface area (TPSA) is 92.3 Å². The van der Waals surface area contributed by atoms with Gasteiger partial charge in [0.25, 0.3) is 0 Å². The molecule has 3 aromatic carbocycles. The molecule has 7 heteroatoms. The average Bonchev–Trinajstić information content (AvgIpc) is 2.80. The van der Waals surface area contributed by atoms with E-state index in [2.05, 4.69) is 10.0 Å². The van der Waals surface area contributed by atoms with Crippen molar-refractivity contribution in [2.24, 2.45) is 0 Å². The Morgan fingerprint density at radius 1 is 0.812 bits per heavy atom. The van der Waals surface area contributed by atoms with Crippen molar-refractivity contribution < 1.29 is 18.0 Å². The molecule has 0 fully saturated rings. The van der Waals surface area contributed by atoms with Crippen LogP contribution in [0.4, 0.5) is 0 Å². The molecule has 0 heterocycles. The van der Waals surface area contributed by atoms with Crippen molar-refractivity contribution >= 4 is 21.7 Å². The van der Waals surface area contributed by atoms with E-state index in [0.29, 0.717) is 12.1 Å². The average molecular weight is 451 g/mol. The van der Waals surface area contributed by atoms with Crippen LogP contribution in [0, 0.1) is 0 Å². The van der Waals surface area contributed by atoms with E-state index in [4.69, 9.17) is 0 Å². The van der Waals surface area contributed by atoms with E-state index in [1.54, 1.807) is 0 Å². The minimum Gasteiger partial charge on any atom is -0.355 e. The molecule has 0 saturated heterocycles. The van der Waals surface area contributed by atoms with Gasteiger partial charge in [-0.1, -0.05) is 72.8 Å². The number of amides is 1. The molecule has 0 aliphatic rings. The van der Waals surface area contributed by atoms with E-state index >= 15 is 0 Å². The van der Waals surface area contributed by atoms with E-state index in [1.165, 1.54) is 31.2 Å². The van der Waals surface area contributed by atoms with Gasteiger partial charge in [-0.2, -0.15) is 0 Å². The van der Waals surface area contributed by atoms with Gasteiger partial charge in [0, 0.05) is 31.0 Å². The third kappa shape index (κ3) is 6.35. The molecule has 3 aromatic rings. The van der Waals surface area contributed by atoms with Gasteiger partial charge in [0.1, 0.15) is 0 Å². The number of Topliss-reactive ketones (excluding diaryl/α,β-unsaturated/α-hetero) is 1. The van der Waals surface area contributed by atoms with Gasteiger partial charge in [0.2, 0.25) is 15.9 Å². The lowest BCUT2D eigenvalue weighted by Gasteiger charge is -2.19. The van der Waals surface area contributed by atoms with E-state index in [-0.39, 0.29) is 35.5 Å². The normalized spacial score (nSPS) is 11.3. The molecule has 0 aliphatic carbocycles. The van der Waals surface area contributed by atoms with Gasteiger partial charge in [-0.3, -0.25) is 9.59 Å². The number of sulfonamides is 1. The summed E-state index contributed by atoms with van der Waals surface area (Å²) in [5, 5.41) is 2.91. The van der Waals surface area contributed by atoms with E-state index < -0.39 is 10.0 Å². The van der Waals surface area contributed by atoms with Crippen LogP contribution < -0.4 is 10.0 Å². The molecule has 0 aliphatic heterocycles. The van der Waals surface area contributed by atoms with Crippen LogP contribution in [0.2, 0.25) is 0 Å². The minimum absolute atomic E-state index is 0.00201. The maximum Gasteiger partial charge on any atom is 0.240 e. The molecule has 0 bridgehead atoms. The predicted octanol–water partition coefficient (Wildman–Crippen LogP) is 3.51. The summed E-state index contributed by atoms with van der Waals surface area (Å²) < 4.78 is 27.2. The first-order chi connectivity index (χ1) is 15.4. The number of benzene rings is 3. The van der Waals surface area contributed by atoms with Crippen LogP contribution in [0.1, 0.15) is 40.7 Å². The summed E-state index contributed by atoms with van der Waals surface area (Å²) in [7, 11) is -3.76. The van der Waals surface area contributed by atoms with E-state index in [9.17, 15) is 18.0 Å². The van der Waals surface area contributed by atoms with Crippen molar-refractivity contribution in [3.8, 4) is 0 Å². The van der Waals surface area contributed by atoms with Crippen molar-refractivity contribution in [3.63, 3.8) is 0 Å². The predicted molar refractivity (Wildman–Crippen MR) is 124 cm³/mol. The molecule has 166 valence electrons. The molecule has 3 rings (SSSR count). The summed E-state index contributed by atoms with van der Waals surface area (Å²) in [5.74, 6) is -0.378. The van der Waals surface area contributed by atoms with Crippen molar-refractivity contribution in [3.05, 3.63) is 102 Å². The Hall–Kier alpha value is -3.29. The molecule has 0 spiro atoms. The second-order valence-corrected chi connectivity index (χ2v) is 9.17. The maximum absolute atomic E-state index is 12.4. The van der Waals surface area contributed by atoms with Crippen LogP contribution in [0.5, 0.6) is 0 Å². The Balaban J connectivity index is 1.55. The summed E-state index contributed by atoms with van der Waals surface area (Å²) in [6.07, 6.45) is 0.0149. The van der Waals surface area contributed by atoms with Crippen LogP contribution in [0.3, 0.4) is 0 Å². The summed E-state index contributed by atoms with van der Waals surface area (Å²) in [5.41, 5.74) is 2.62. The van der Waals surface area contributed by atoms with Gasteiger partial charge >= 0.3 is 0 Å². The Kier molecular flexibility index (Phi) is 7.92. The van der Waals surface area contributed by atoms with Gasteiger partial charge in [0.05, 0.1) is 4.90 Å². The number of ketones is 1. The number of hydrogen-bond acceptors (Lipinski definition) is 4. The fraction of sp³-hybridized carbons (Fsp3) is 0.200. The molecule has 0 saturated carbocycles. The molecule has 2 N–H and O–H groups in total. The number of carbonyl (C=O) groups is 2. The van der Waals surface area contributed by atoms with Gasteiger partial charge < -0.3 is 5.32 Å². The van der Waals surface area contributed by atoms with Gasteiger partial charge in [0.15, 0.2) is 5.78 Å². The summed E-state index contributed by atoms with van der Waals surface area (Å²) in [4.78, 5) is 23.8. The zero-order chi connectivity index (χ0) is 23.0. The summed E-state index contributed by atoms with van der Waals surface area (Å²) in [6, 6.07) is 25.5. The van der Waals surface area contributed by atoms with Gasteiger partial charge in [-0.15, -0.1) is 0 Å². The highest BCUT2D eigenvalue weighted by molar-refractivity contribution is 7.89. The smallest absolute Gasteiger partial charge is 0.240 e. The van der Waals surface area contributed by atoms with Crippen LogP contribution in [0.25, 0.3) is 0 Å². The second-order valence-electron chi connectivity index (χ2n) is 7.41. The Morgan fingerprint density at radius 3 is 1.84 bits per heavy atom. The Labute approximate surface area is 188 Å². The van der Waals surface area contributed by atoms with Crippen LogP contribution in [-0.4, -0.2) is 33.2 Å². The lowest BCUT2D eigenvalue weighted by atomic mass is 9.91. The second kappa shape index (κ2) is 10.8. The fourth-order valence-corrected chi connectivity index (χ4v) is 4.39. The fourth-order valence-electron chi connectivity index (χ4n) is 3.35. The molecular formula is C25H26N2O4S. The number of hydrogen-bond donors (Lipinski definition) is 2. The third-order valence-corrected chi connectivity index (χ3v) is 6.60. The lowest BCUT2D eigenvalue weighted by molar-refractivity contribution is -0.120. The standard InChI is InChI=1S/C25H26N2O4S/c1-19(28)20-12-14-23(15-13-20)32(30,31)27-17-16-25(29)26-18-24(21-8-4-2-5-9-21)22-10-6-3-7-11-22/h2-15,24,27H,16-18H2,1H3,(H,26,29). The zero-order valence-electron chi connectivity index (χ0n) is 17.8. The van der Waals surface area contributed by atoms with Crippen molar-refractivity contribution in [1.29, 1.82) is 0 Å². The highest BCUT2D eigenvalue weighted by Crippen LogP contribution is 2.23. The molecule has 0 aromatic heterocycles. The lowest BCUT2D eigenvalue weighted by Crippen LogP contribution is -2.33. The molecule has 6 nitrogen and oxygen atoms in total. The molecule has 0 radical (unpaired) electrons. The first-order valence-electron chi connectivity index (χ1n) is 10.3. The molecular weight excluding hydrogens is 424 g/mol. The first-order valence-corrected chi connectivity index (χ1v) is 11.8. The van der Waals surface area contributed by atoms with Crippen LogP contribution >= 0.6 is 0 Å². The van der Waals surface area contributed by atoms with Crippen molar-refractivity contribution in [2.75, 3.05) is 13.1 Å². The maximum atomic E-state index is 12.4. The number of carbonyl (C=O) groups excluding carboxylic acids is 2. The summed E-state index contributed by atoms with van der Waals surface area (Å²) in [6.45, 7) is 1.80. The third-order valence-electron chi connectivity index (χ3n) is 5.12. The SMILES string of the molecule is CC(=O)c1ccc(S(=O)(=O)NCCC(=O)NCC(c2ccccc2)c2ccccc2)cc1. The van der Waals surface area contributed by atoms with E-state index in [0.717, 1.165) is 11.1 Å². The van der Waals surface area contributed by atoms with Crippen LogP contribution in [-0.2, 0) is 14.8 Å². The van der Waals surface area contributed by atoms with Gasteiger partial charge in [-0.05, 0) is 30.2 Å². The highest BCUT2D eigenvalue weighted by atomic mass is 32.2. The largest absolute Gasteiger partial charge is 0.355 e. The summed E-state index contributed by atoms with van der Waals surface area (Å²) >= 11 is 0. The first kappa shape index (κ1) is 23.4. The van der Waals surface area contributed by atoms with Gasteiger partial charge in [-0.25, -0.2) is 13.1 Å². The minimum atomic E-state index is -3.76. The quantitative estimate of drug-likeness (QED) is 0.463. The molecule has 0 atom stereocenters. The Morgan fingerprint density at radius 2 is 1.34 bits per heavy atom. The number of rotatable bonds is 10. The highest BCUT2D eigenvalue weighted by Gasteiger charge is 2.17. The zero-order valence-corrected chi connectivity index (χ0v) is 18.6. The van der Waals surface area contributed by atoms with Crippen molar-refractivity contribution in [1.82, 2.24) is 10.0 Å². The van der Waals surface area contributed by atoms with Crippen molar-refractivity contribution in [2.45, 2.75) is 24.2 Å². The Bertz CT molecular complexity index is 1110.